The van der Waals surface area contributed by atoms with Crippen LogP contribution in [0, 0.1) is 11.6 Å². The van der Waals surface area contributed by atoms with Crippen LogP contribution in [0.3, 0.4) is 0 Å². The molecule has 3 amide bonds. The van der Waals surface area contributed by atoms with Crippen molar-refractivity contribution in [1.29, 1.82) is 0 Å². The number of carbonyl (C=O) groups excluding carboxylic acids is 2. The van der Waals surface area contributed by atoms with E-state index in [4.69, 9.17) is 18.9 Å². The second-order valence-electron chi connectivity index (χ2n) is 9.78. The highest BCUT2D eigenvalue weighted by Crippen LogP contribution is 2.38. The number of nitrogens with one attached hydrogen (secondary N) is 1. The van der Waals surface area contributed by atoms with Crippen LogP contribution in [0.5, 0.6) is 23.0 Å². The van der Waals surface area contributed by atoms with E-state index in [-0.39, 0.29) is 23.4 Å². The maximum atomic E-state index is 15.2. The molecule has 1 aliphatic rings. The summed E-state index contributed by atoms with van der Waals surface area (Å²) in [5.74, 6) is -0.910. The van der Waals surface area contributed by atoms with Gasteiger partial charge in [0.1, 0.15) is 18.2 Å². The topological polar surface area (TPSA) is 102 Å². The van der Waals surface area contributed by atoms with E-state index in [2.05, 4.69) is 28.0 Å². The minimum Gasteiger partial charge on any atom is -0.493 e. The molecule has 0 spiro atoms. The molecule has 1 fully saturated rings. The molecule has 1 saturated heterocycles. The lowest BCUT2D eigenvalue weighted by Crippen LogP contribution is -2.39. The van der Waals surface area contributed by atoms with Crippen LogP contribution in [0.2, 0.25) is 0 Å². The Morgan fingerprint density at radius 3 is 2.55 bits per heavy atom. The van der Waals surface area contributed by atoms with E-state index in [1.165, 1.54) is 43.6 Å². The predicted molar refractivity (Wildman–Crippen MR) is 163 cm³/mol. The molecule has 0 atom stereocenters. The molecule has 0 aliphatic carbocycles. The summed E-state index contributed by atoms with van der Waals surface area (Å²) in [6, 6.07) is 13.6. The van der Waals surface area contributed by atoms with E-state index >= 15 is 4.39 Å². The molecule has 1 aromatic heterocycles. The summed E-state index contributed by atoms with van der Waals surface area (Å²) >= 11 is 4.10. The molecule has 2 heterocycles. The first-order valence-corrected chi connectivity index (χ1v) is 14.2. The average Bonchev–Trinajstić information content (AvgIpc) is 3.03. The summed E-state index contributed by atoms with van der Waals surface area (Å²) in [6.07, 6.45) is 1.18. The maximum Gasteiger partial charge on any atom is 0.338 e. The minimum absolute atomic E-state index is 0.0366. The van der Waals surface area contributed by atoms with Crippen LogP contribution in [0.4, 0.5) is 19.3 Å². The monoisotopic (exact) mass is 624 g/mol. The van der Waals surface area contributed by atoms with Gasteiger partial charge in [0.2, 0.25) is 5.91 Å². The zero-order valence-corrected chi connectivity index (χ0v) is 24.7. The van der Waals surface area contributed by atoms with E-state index in [0.29, 0.717) is 48.0 Å². The van der Waals surface area contributed by atoms with Crippen molar-refractivity contribution in [1.82, 2.24) is 15.2 Å². The van der Waals surface area contributed by atoms with Gasteiger partial charge in [-0.2, -0.15) is 0 Å². The highest BCUT2D eigenvalue weighted by atomic mass is 32.1. The summed E-state index contributed by atoms with van der Waals surface area (Å²) in [5.41, 5.74) is 0.722. The van der Waals surface area contributed by atoms with Gasteiger partial charge < -0.3 is 18.9 Å². The number of thiol groups is 1. The zero-order chi connectivity index (χ0) is 31.1. The summed E-state index contributed by atoms with van der Waals surface area (Å²) in [6.45, 7) is 4.32. The summed E-state index contributed by atoms with van der Waals surface area (Å²) in [4.78, 5) is 31.4. The Balaban J connectivity index is 1.25. The third kappa shape index (κ3) is 7.54. The van der Waals surface area contributed by atoms with Crippen molar-refractivity contribution in [3.63, 3.8) is 0 Å². The number of carbonyl (C=O) groups is 2. The SMILES string of the molecule is COc1cc2c(Oc3ccc(N(S)C(=O)NC(=O)Cc4ccccc4F)cc3F)ccnc2cc1OCCN1CCOCC1. The highest BCUT2D eigenvalue weighted by Gasteiger charge is 2.20. The minimum atomic E-state index is -0.932. The highest BCUT2D eigenvalue weighted by molar-refractivity contribution is 7.82. The molecule has 5 rings (SSSR count). The number of benzene rings is 3. The Kier molecular flexibility index (Phi) is 10.1. The summed E-state index contributed by atoms with van der Waals surface area (Å²) in [7, 11) is 1.53. The zero-order valence-electron chi connectivity index (χ0n) is 23.8. The van der Waals surface area contributed by atoms with Crippen LogP contribution in [0.25, 0.3) is 10.9 Å². The van der Waals surface area contributed by atoms with E-state index in [9.17, 15) is 14.0 Å². The summed E-state index contributed by atoms with van der Waals surface area (Å²) < 4.78 is 52.6. The van der Waals surface area contributed by atoms with Gasteiger partial charge in [0.15, 0.2) is 23.1 Å². The number of rotatable bonds is 10. The molecule has 13 heteroatoms. The first kappa shape index (κ1) is 31.0. The standard InChI is InChI=1S/C31H30F2N4O6S/c1-40-28-18-22-25(19-29(28)42-15-12-36-10-13-41-14-11-36)34-9-8-26(22)43-27-7-6-21(17-24(27)33)37(44)31(39)35-30(38)16-20-4-2-3-5-23(20)32/h2-9,17-19,44H,10-16H2,1H3,(H,35,38,39). The van der Waals surface area contributed by atoms with Gasteiger partial charge in [0.05, 0.1) is 37.9 Å². The van der Waals surface area contributed by atoms with E-state index in [1.807, 2.05) is 0 Å². The van der Waals surface area contributed by atoms with Gasteiger partial charge in [-0.25, -0.2) is 17.9 Å². The number of anilines is 1. The van der Waals surface area contributed by atoms with Crippen LogP contribution in [-0.4, -0.2) is 68.4 Å². The molecule has 0 bridgehead atoms. The van der Waals surface area contributed by atoms with E-state index in [1.54, 1.807) is 24.3 Å². The number of hydrogen-bond acceptors (Lipinski definition) is 9. The lowest BCUT2D eigenvalue weighted by Gasteiger charge is -2.26. The number of amides is 3. The van der Waals surface area contributed by atoms with Gasteiger partial charge >= 0.3 is 6.03 Å². The number of imide groups is 1. The van der Waals surface area contributed by atoms with Crippen LogP contribution in [0.1, 0.15) is 5.56 Å². The quantitative estimate of drug-likeness (QED) is 0.234. The molecular formula is C31H30F2N4O6S. The average molecular weight is 625 g/mol. The van der Waals surface area contributed by atoms with Gasteiger partial charge in [-0.15, -0.1) is 0 Å². The van der Waals surface area contributed by atoms with E-state index in [0.717, 1.165) is 30.0 Å². The molecule has 1 aliphatic heterocycles. The van der Waals surface area contributed by atoms with Gasteiger partial charge in [0.25, 0.3) is 0 Å². The third-order valence-corrected chi connectivity index (χ3v) is 7.30. The number of fused-ring (bicyclic) bond motifs is 1. The number of halogens is 2. The summed E-state index contributed by atoms with van der Waals surface area (Å²) in [5, 5.41) is 2.67. The molecule has 0 radical (unpaired) electrons. The number of morpholine rings is 1. The van der Waals surface area contributed by atoms with Gasteiger partial charge in [-0.3, -0.25) is 20.0 Å². The van der Waals surface area contributed by atoms with E-state index < -0.39 is 23.6 Å². The normalized spacial score (nSPS) is 13.4. The Morgan fingerprint density at radius 1 is 1.00 bits per heavy atom. The number of nitrogens with zero attached hydrogens (tertiary/aromatic N) is 3. The number of ether oxygens (including phenoxy) is 4. The lowest BCUT2D eigenvalue weighted by atomic mass is 10.1. The fourth-order valence-electron chi connectivity index (χ4n) is 4.57. The van der Waals surface area contributed by atoms with Gasteiger partial charge in [0, 0.05) is 43.4 Å². The van der Waals surface area contributed by atoms with Crippen molar-refractivity contribution in [2.75, 3.05) is 50.9 Å². The Hall–Kier alpha value is -4.46. The fraction of sp³-hybridized carbons (Fsp3) is 0.258. The number of pyridine rings is 1. The van der Waals surface area contributed by atoms with Gasteiger partial charge in [-0.1, -0.05) is 31.0 Å². The number of aromatic nitrogens is 1. The van der Waals surface area contributed by atoms with Crippen LogP contribution in [0.15, 0.2) is 66.9 Å². The Bertz CT molecular complexity index is 1650. The number of hydrogen-bond donors (Lipinski definition) is 2. The molecule has 0 unspecified atom stereocenters. The smallest absolute Gasteiger partial charge is 0.338 e. The molecule has 4 aromatic rings. The molecule has 44 heavy (non-hydrogen) atoms. The number of urea groups is 1. The van der Waals surface area contributed by atoms with Crippen LogP contribution >= 0.6 is 12.8 Å². The van der Waals surface area contributed by atoms with Crippen LogP contribution < -0.4 is 23.8 Å². The second kappa shape index (κ2) is 14.3. The predicted octanol–water partition coefficient (Wildman–Crippen LogP) is 5.16. The molecule has 10 nitrogen and oxygen atoms in total. The Labute approximate surface area is 258 Å². The second-order valence-corrected chi connectivity index (χ2v) is 10.2. The first-order valence-electron chi connectivity index (χ1n) is 13.8. The van der Waals surface area contributed by atoms with Gasteiger partial charge in [-0.05, 0) is 35.9 Å². The van der Waals surface area contributed by atoms with Crippen molar-refractivity contribution < 1.29 is 37.3 Å². The number of methoxy groups -OCH3 is 1. The largest absolute Gasteiger partial charge is 0.493 e. The van der Waals surface area contributed by atoms with Crippen molar-refractivity contribution in [3.05, 3.63) is 84.1 Å². The fourth-order valence-corrected chi connectivity index (χ4v) is 4.74. The molecular weight excluding hydrogens is 594 g/mol. The lowest BCUT2D eigenvalue weighted by molar-refractivity contribution is -0.119. The van der Waals surface area contributed by atoms with Crippen molar-refractivity contribution in [2.45, 2.75) is 6.42 Å². The van der Waals surface area contributed by atoms with Crippen molar-refractivity contribution in [3.8, 4) is 23.0 Å². The molecule has 0 saturated carbocycles. The first-order chi connectivity index (χ1) is 21.3. The Morgan fingerprint density at radius 2 is 1.80 bits per heavy atom. The third-order valence-electron chi connectivity index (χ3n) is 6.88. The molecule has 1 N–H and O–H groups in total. The maximum absolute atomic E-state index is 15.2. The molecule has 230 valence electrons. The van der Waals surface area contributed by atoms with Crippen molar-refractivity contribution >= 4 is 41.3 Å². The molecule has 3 aromatic carbocycles. The van der Waals surface area contributed by atoms with Crippen LogP contribution in [-0.2, 0) is 16.0 Å². The van der Waals surface area contributed by atoms with Crippen molar-refractivity contribution in [2.24, 2.45) is 0 Å².